The lowest BCUT2D eigenvalue weighted by atomic mass is 9.76. The van der Waals surface area contributed by atoms with Gasteiger partial charge < -0.3 is 10.2 Å². The molecule has 2 aromatic heterocycles. The van der Waals surface area contributed by atoms with E-state index in [1.54, 1.807) is 6.33 Å². The molecule has 8 heteroatoms. The zero-order chi connectivity index (χ0) is 20.8. The molecule has 3 heterocycles. The van der Waals surface area contributed by atoms with Gasteiger partial charge in [-0.3, -0.25) is 9.48 Å². The van der Waals surface area contributed by atoms with Crippen LogP contribution >= 0.6 is 0 Å². The van der Waals surface area contributed by atoms with E-state index >= 15 is 0 Å². The maximum atomic E-state index is 12.5. The minimum atomic E-state index is -0.128. The SMILES string of the molecule is CN(C)Cc1ccc([C@H]2NC3CCCc4c3c(n[nH]c4=O)[C@@H]2c2ncnn2C)cc1. The van der Waals surface area contributed by atoms with Crippen molar-refractivity contribution in [1.29, 1.82) is 0 Å². The lowest BCUT2D eigenvalue weighted by Gasteiger charge is -2.40. The summed E-state index contributed by atoms with van der Waals surface area (Å²) in [5.74, 6) is 0.716. The van der Waals surface area contributed by atoms with Crippen molar-refractivity contribution in [3.05, 3.63) is 74.7 Å². The standard InChI is InChI=1S/C22H27N7O/c1-28(2)11-13-7-9-14(10-8-13)19-18(21-23-12-24-29(21)3)20-17-15(22(30)27-26-20)5-4-6-16(17)25-19/h7-10,12,16,18-19,25H,4-6,11H2,1-3H3,(H,27,30)/t16?,18-,19-/m1/s1. The average molecular weight is 406 g/mol. The molecule has 156 valence electrons. The summed E-state index contributed by atoms with van der Waals surface area (Å²) < 4.78 is 1.81. The maximum absolute atomic E-state index is 12.5. The minimum Gasteiger partial charge on any atom is -0.305 e. The van der Waals surface area contributed by atoms with Gasteiger partial charge in [-0.05, 0) is 44.5 Å². The highest BCUT2D eigenvalue weighted by Gasteiger charge is 2.42. The Morgan fingerprint density at radius 1 is 1.23 bits per heavy atom. The molecule has 0 spiro atoms. The van der Waals surface area contributed by atoms with Crippen LogP contribution in [0.2, 0.25) is 0 Å². The van der Waals surface area contributed by atoms with Crippen molar-refractivity contribution in [2.45, 2.75) is 43.8 Å². The molecule has 1 aliphatic heterocycles. The van der Waals surface area contributed by atoms with Gasteiger partial charge in [0.15, 0.2) is 0 Å². The van der Waals surface area contributed by atoms with E-state index in [-0.39, 0.29) is 23.6 Å². The lowest BCUT2D eigenvalue weighted by molar-refractivity contribution is 0.326. The third kappa shape index (κ3) is 3.16. The van der Waals surface area contributed by atoms with Crippen LogP contribution in [0, 0.1) is 0 Å². The summed E-state index contributed by atoms with van der Waals surface area (Å²) in [6.07, 6.45) is 4.39. The zero-order valence-electron chi connectivity index (χ0n) is 17.6. The summed E-state index contributed by atoms with van der Waals surface area (Å²) in [6.45, 7) is 0.905. The second kappa shape index (κ2) is 7.45. The van der Waals surface area contributed by atoms with Gasteiger partial charge in [0.2, 0.25) is 0 Å². The fraction of sp³-hybridized carbons (Fsp3) is 0.455. The molecule has 2 N–H and O–H groups in total. The number of rotatable bonds is 4. The van der Waals surface area contributed by atoms with Crippen LogP contribution in [0.4, 0.5) is 0 Å². The first-order valence-corrected chi connectivity index (χ1v) is 10.5. The monoisotopic (exact) mass is 405 g/mol. The van der Waals surface area contributed by atoms with Crippen LogP contribution < -0.4 is 10.9 Å². The van der Waals surface area contributed by atoms with Gasteiger partial charge in [0.25, 0.3) is 5.56 Å². The number of aryl methyl sites for hydroxylation is 1. The lowest BCUT2D eigenvalue weighted by Crippen LogP contribution is -2.42. The molecular weight excluding hydrogens is 378 g/mol. The van der Waals surface area contributed by atoms with E-state index in [0.29, 0.717) is 0 Å². The number of aromatic amines is 1. The highest BCUT2D eigenvalue weighted by Crippen LogP contribution is 2.46. The van der Waals surface area contributed by atoms with Gasteiger partial charge in [0.05, 0.1) is 11.6 Å². The van der Waals surface area contributed by atoms with Gasteiger partial charge in [-0.25, -0.2) is 10.1 Å². The molecule has 0 bridgehead atoms. The number of hydrogen-bond donors (Lipinski definition) is 2. The Morgan fingerprint density at radius 3 is 2.73 bits per heavy atom. The highest BCUT2D eigenvalue weighted by atomic mass is 16.1. The van der Waals surface area contributed by atoms with Crippen molar-refractivity contribution in [1.82, 2.24) is 35.2 Å². The van der Waals surface area contributed by atoms with Gasteiger partial charge in [0.1, 0.15) is 12.2 Å². The molecule has 8 nitrogen and oxygen atoms in total. The smallest absolute Gasteiger partial charge is 0.267 e. The van der Waals surface area contributed by atoms with Gasteiger partial charge in [-0.1, -0.05) is 24.3 Å². The minimum absolute atomic E-state index is 0.00292. The first kappa shape index (κ1) is 19.1. The predicted molar refractivity (Wildman–Crippen MR) is 113 cm³/mol. The van der Waals surface area contributed by atoms with E-state index < -0.39 is 0 Å². The molecule has 0 radical (unpaired) electrons. The normalized spacial score (nSPS) is 22.9. The van der Waals surface area contributed by atoms with Crippen molar-refractivity contribution >= 4 is 0 Å². The fourth-order valence-corrected chi connectivity index (χ4v) is 5.00. The van der Waals surface area contributed by atoms with Crippen molar-refractivity contribution in [2.75, 3.05) is 14.1 Å². The predicted octanol–water partition coefficient (Wildman–Crippen LogP) is 1.81. The van der Waals surface area contributed by atoms with Crippen LogP contribution in [0.25, 0.3) is 0 Å². The van der Waals surface area contributed by atoms with E-state index in [0.717, 1.165) is 48.5 Å². The average Bonchev–Trinajstić information content (AvgIpc) is 3.16. The van der Waals surface area contributed by atoms with E-state index in [1.165, 1.54) is 11.1 Å². The molecule has 5 rings (SSSR count). The number of benzene rings is 1. The Kier molecular flexibility index (Phi) is 4.75. The van der Waals surface area contributed by atoms with E-state index in [2.05, 4.69) is 68.9 Å². The molecule has 3 atom stereocenters. The Hall–Kier alpha value is -2.84. The Morgan fingerprint density at radius 2 is 2.03 bits per heavy atom. The topological polar surface area (TPSA) is 91.7 Å². The third-order valence-corrected chi connectivity index (χ3v) is 6.29. The molecular formula is C22H27N7O. The van der Waals surface area contributed by atoms with E-state index in [9.17, 15) is 4.79 Å². The Balaban J connectivity index is 1.64. The van der Waals surface area contributed by atoms with E-state index in [1.807, 2.05) is 11.7 Å². The van der Waals surface area contributed by atoms with Crippen LogP contribution in [-0.4, -0.2) is 44.0 Å². The van der Waals surface area contributed by atoms with Crippen LogP contribution in [0.1, 0.15) is 64.6 Å². The summed E-state index contributed by atoms with van der Waals surface area (Å²) in [4.78, 5) is 19.2. The van der Waals surface area contributed by atoms with Crippen molar-refractivity contribution in [2.24, 2.45) is 7.05 Å². The maximum Gasteiger partial charge on any atom is 0.267 e. The zero-order valence-corrected chi connectivity index (χ0v) is 17.6. The first-order valence-electron chi connectivity index (χ1n) is 10.5. The third-order valence-electron chi connectivity index (χ3n) is 6.29. The largest absolute Gasteiger partial charge is 0.305 e. The second-order valence-corrected chi connectivity index (χ2v) is 8.62. The van der Waals surface area contributed by atoms with E-state index in [4.69, 9.17) is 0 Å². The molecule has 0 saturated heterocycles. The van der Waals surface area contributed by atoms with Crippen molar-refractivity contribution in [3.63, 3.8) is 0 Å². The fourth-order valence-electron chi connectivity index (χ4n) is 5.00. The molecule has 3 aromatic rings. The molecule has 1 aliphatic carbocycles. The van der Waals surface area contributed by atoms with Crippen molar-refractivity contribution in [3.8, 4) is 0 Å². The molecule has 30 heavy (non-hydrogen) atoms. The van der Waals surface area contributed by atoms with Gasteiger partial charge in [0, 0.05) is 36.8 Å². The Labute approximate surface area is 175 Å². The van der Waals surface area contributed by atoms with Crippen LogP contribution in [0.5, 0.6) is 0 Å². The quantitative estimate of drug-likeness (QED) is 0.688. The summed E-state index contributed by atoms with van der Waals surface area (Å²) >= 11 is 0. The van der Waals surface area contributed by atoms with Crippen LogP contribution in [-0.2, 0) is 20.0 Å². The van der Waals surface area contributed by atoms with Gasteiger partial charge in [-0.15, -0.1) is 0 Å². The first-order chi connectivity index (χ1) is 14.5. The van der Waals surface area contributed by atoms with Crippen LogP contribution in [0.15, 0.2) is 35.4 Å². The summed E-state index contributed by atoms with van der Waals surface area (Å²) in [5.41, 5.74) is 5.26. The molecule has 0 amide bonds. The molecule has 0 saturated carbocycles. The number of nitrogens with zero attached hydrogens (tertiary/aromatic N) is 5. The van der Waals surface area contributed by atoms with Gasteiger partial charge >= 0.3 is 0 Å². The molecule has 1 unspecified atom stereocenters. The number of hydrogen-bond acceptors (Lipinski definition) is 6. The number of aromatic nitrogens is 5. The summed E-state index contributed by atoms with van der Waals surface area (Å²) in [6, 6.07) is 8.90. The Bertz CT molecular complexity index is 1120. The second-order valence-electron chi connectivity index (χ2n) is 8.62. The number of nitrogens with one attached hydrogen (secondary N) is 2. The van der Waals surface area contributed by atoms with Gasteiger partial charge in [-0.2, -0.15) is 10.2 Å². The molecule has 0 fully saturated rings. The summed E-state index contributed by atoms with van der Waals surface area (Å²) in [7, 11) is 6.05. The summed E-state index contributed by atoms with van der Waals surface area (Å²) in [5, 5.41) is 15.5. The molecule has 2 aliphatic rings. The molecule has 1 aromatic carbocycles. The number of H-pyrrole nitrogens is 1. The highest BCUT2D eigenvalue weighted by molar-refractivity contribution is 5.43. The van der Waals surface area contributed by atoms with Crippen LogP contribution in [0.3, 0.4) is 0 Å². The van der Waals surface area contributed by atoms with Crippen molar-refractivity contribution < 1.29 is 0 Å².